The largest absolute Gasteiger partial charge is 0.481 e. The van der Waals surface area contributed by atoms with E-state index in [1.54, 1.807) is 4.90 Å². The van der Waals surface area contributed by atoms with Gasteiger partial charge in [0, 0.05) is 6.54 Å². The maximum absolute atomic E-state index is 12.3. The number of rotatable bonds is 3. The van der Waals surface area contributed by atoms with Gasteiger partial charge in [0.1, 0.15) is 0 Å². The normalized spacial score (nSPS) is 33.0. The lowest BCUT2D eigenvalue weighted by atomic mass is 9.94. The van der Waals surface area contributed by atoms with Gasteiger partial charge in [-0.25, -0.2) is 0 Å². The van der Waals surface area contributed by atoms with Gasteiger partial charge >= 0.3 is 5.97 Å². The number of carboxylic acids is 1. The number of carbonyl (C=O) groups is 2. The van der Waals surface area contributed by atoms with Crippen molar-refractivity contribution >= 4 is 11.9 Å². The van der Waals surface area contributed by atoms with E-state index in [1.165, 1.54) is 0 Å². The number of carboxylic acid groups (broad SMARTS) is 1. The Kier molecular flexibility index (Phi) is 3.66. The Labute approximate surface area is 100 Å². The van der Waals surface area contributed by atoms with Crippen LogP contribution in [0.15, 0.2) is 0 Å². The van der Waals surface area contributed by atoms with Crippen LogP contribution in [0.25, 0.3) is 0 Å². The van der Waals surface area contributed by atoms with E-state index in [2.05, 4.69) is 0 Å². The summed E-state index contributed by atoms with van der Waals surface area (Å²) < 4.78 is 0. The Morgan fingerprint density at radius 1 is 1.12 bits per heavy atom. The van der Waals surface area contributed by atoms with Crippen molar-refractivity contribution in [2.45, 2.75) is 38.1 Å². The lowest BCUT2D eigenvalue weighted by Gasteiger charge is -2.27. The fourth-order valence-corrected chi connectivity index (χ4v) is 3.08. The van der Waals surface area contributed by atoms with Crippen molar-refractivity contribution in [1.82, 2.24) is 4.90 Å². The molecule has 2 rings (SSSR count). The van der Waals surface area contributed by atoms with Crippen molar-refractivity contribution < 1.29 is 19.8 Å². The van der Waals surface area contributed by atoms with E-state index in [0.29, 0.717) is 19.4 Å². The molecule has 2 unspecified atom stereocenters. The number of aliphatic carboxylic acids is 1. The number of likely N-dealkylation sites (tertiary alicyclic amines) is 1. The lowest BCUT2D eigenvalue weighted by Crippen LogP contribution is -2.43. The van der Waals surface area contributed by atoms with Crippen molar-refractivity contribution in [2.75, 3.05) is 13.2 Å². The van der Waals surface area contributed by atoms with Gasteiger partial charge in [0.2, 0.25) is 5.91 Å². The minimum Gasteiger partial charge on any atom is -0.481 e. The van der Waals surface area contributed by atoms with E-state index in [4.69, 9.17) is 5.11 Å². The second-order valence-corrected chi connectivity index (χ2v) is 4.99. The zero-order chi connectivity index (χ0) is 12.4. The molecular weight excluding hydrogens is 222 g/mol. The van der Waals surface area contributed by atoms with Gasteiger partial charge in [-0.2, -0.15) is 0 Å². The molecule has 2 fully saturated rings. The summed E-state index contributed by atoms with van der Waals surface area (Å²) in [5.41, 5.74) is 0. The van der Waals surface area contributed by atoms with Crippen molar-refractivity contribution in [3.63, 3.8) is 0 Å². The predicted molar refractivity (Wildman–Crippen MR) is 60.3 cm³/mol. The van der Waals surface area contributed by atoms with Gasteiger partial charge in [-0.1, -0.05) is 6.42 Å². The molecule has 2 aliphatic rings. The van der Waals surface area contributed by atoms with Gasteiger partial charge < -0.3 is 15.1 Å². The monoisotopic (exact) mass is 241 g/mol. The summed E-state index contributed by atoms with van der Waals surface area (Å²) in [7, 11) is 0. The van der Waals surface area contributed by atoms with E-state index < -0.39 is 11.9 Å². The summed E-state index contributed by atoms with van der Waals surface area (Å²) in [6.45, 7) is 0.642. The molecule has 96 valence electrons. The molecule has 1 saturated heterocycles. The maximum atomic E-state index is 12.3. The molecule has 1 heterocycles. The number of nitrogens with zero attached hydrogens (tertiary/aromatic N) is 1. The molecule has 0 bridgehead atoms. The van der Waals surface area contributed by atoms with Crippen LogP contribution in [0.3, 0.4) is 0 Å². The third-order valence-electron chi connectivity index (χ3n) is 4.02. The molecular formula is C12H19NO4. The number of carbonyl (C=O) groups excluding carboxylic acids is 1. The molecule has 1 amide bonds. The standard InChI is InChI=1S/C12H19NO4/c14-7-8-3-2-6-13(8)11(15)9-4-1-5-10(9)12(16)17/h8-10,14H,1-7H2,(H,16,17)/t8-,9?,10?/m1/s1. The number of hydrogen-bond donors (Lipinski definition) is 2. The minimum atomic E-state index is -0.861. The molecule has 0 radical (unpaired) electrons. The second-order valence-electron chi connectivity index (χ2n) is 4.99. The highest BCUT2D eigenvalue weighted by molar-refractivity contribution is 5.85. The van der Waals surface area contributed by atoms with Crippen LogP contribution < -0.4 is 0 Å². The van der Waals surface area contributed by atoms with Crippen molar-refractivity contribution in [3.8, 4) is 0 Å². The van der Waals surface area contributed by atoms with Gasteiger partial charge in [-0.15, -0.1) is 0 Å². The van der Waals surface area contributed by atoms with Crippen molar-refractivity contribution in [3.05, 3.63) is 0 Å². The van der Waals surface area contributed by atoms with Crippen molar-refractivity contribution in [2.24, 2.45) is 11.8 Å². The van der Waals surface area contributed by atoms with Gasteiger partial charge in [0.15, 0.2) is 0 Å². The smallest absolute Gasteiger partial charge is 0.307 e. The quantitative estimate of drug-likeness (QED) is 0.753. The topological polar surface area (TPSA) is 77.8 Å². The molecule has 0 spiro atoms. The summed E-state index contributed by atoms with van der Waals surface area (Å²) in [6, 6.07) is -0.0995. The first-order valence-corrected chi connectivity index (χ1v) is 6.29. The van der Waals surface area contributed by atoms with E-state index in [9.17, 15) is 14.7 Å². The van der Waals surface area contributed by atoms with Crippen LogP contribution in [0, 0.1) is 11.8 Å². The van der Waals surface area contributed by atoms with Crippen molar-refractivity contribution in [1.29, 1.82) is 0 Å². The molecule has 2 N–H and O–H groups in total. The molecule has 3 atom stereocenters. The van der Waals surface area contributed by atoms with Gasteiger partial charge in [-0.3, -0.25) is 9.59 Å². The first-order chi connectivity index (χ1) is 8.15. The molecule has 5 heteroatoms. The van der Waals surface area contributed by atoms with E-state index >= 15 is 0 Å². The minimum absolute atomic E-state index is 0.0177. The zero-order valence-corrected chi connectivity index (χ0v) is 9.84. The van der Waals surface area contributed by atoms with Crippen LogP contribution in [-0.2, 0) is 9.59 Å². The summed E-state index contributed by atoms with van der Waals surface area (Å²) in [5.74, 6) is -1.82. The van der Waals surface area contributed by atoms with E-state index in [1.807, 2.05) is 0 Å². The number of amides is 1. The van der Waals surface area contributed by atoms with Gasteiger partial charge in [-0.05, 0) is 25.7 Å². The van der Waals surface area contributed by atoms with E-state index in [0.717, 1.165) is 19.3 Å². The van der Waals surface area contributed by atoms with Crippen LogP contribution in [0.1, 0.15) is 32.1 Å². The first kappa shape index (κ1) is 12.4. The molecule has 5 nitrogen and oxygen atoms in total. The lowest BCUT2D eigenvalue weighted by molar-refractivity contribution is -0.149. The fourth-order valence-electron chi connectivity index (χ4n) is 3.08. The second kappa shape index (κ2) is 5.04. The Balaban J connectivity index is 2.06. The molecule has 1 aliphatic heterocycles. The predicted octanol–water partition coefficient (Wildman–Crippen LogP) is 0.471. The van der Waals surface area contributed by atoms with Gasteiger partial charge in [0.05, 0.1) is 24.5 Å². The van der Waals surface area contributed by atoms with Crippen LogP contribution in [0.4, 0.5) is 0 Å². The highest BCUT2D eigenvalue weighted by Gasteiger charge is 2.42. The SMILES string of the molecule is O=C(O)C1CCCC1C(=O)N1CCC[C@@H]1CO. The average molecular weight is 241 g/mol. The number of aliphatic hydroxyl groups is 1. The molecule has 0 aromatic rings. The van der Waals surface area contributed by atoms with Crippen LogP contribution in [0.2, 0.25) is 0 Å². The average Bonchev–Trinajstić information content (AvgIpc) is 2.96. The summed E-state index contributed by atoms with van der Waals surface area (Å²) in [4.78, 5) is 25.0. The van der Waals surface area contributed by atoms with Crippen LogP contribution in [-0.4, -0.2) is 46.2 Å². The third kappa shape index (κ3) is 2.29. The van der Waals surface area contributed by atoms with Crippen LogP contribution in [0.5, 0.6) is 0 Å². The Morgan fingerprint density at radius 2 is 1.82 bits per heavy atom. The maximum Gasteiger partial charge on any atom is 0.307 e. The summed E-state index contributed by atoms with van der Waals surface area (Å²) in [5, 5.41) is 18.3. The number of hydrogen-bond acceptors (Lipinski definition) is 3. The molecule has 0 aromatic heterocycles. The Morgan fingerprint density at radius 3 is 2.47 bits per heavy atom. The fraction of sp³-hybridized carbons (Fsp3) is 0.833. The Hall–Kier alpha value is -1.10. The van der Waals surface area contributed by atoms with Gasteiger partial charge in [0.25, 0.3) is 0 Å². The Bertz CT molecular complexity index is 318. The number of aliphatic hydroxyl groups excluding tert-OH is 1. The van der Waals surface area contributed by atoms with Crippen LogP contribution >= 0.6 is 0 Å². The molecule has 0 aromatic carbocycles. The highest BCUT2D eigenvalue weighted by atomic mass is 16.4. The van der Waals surface area contributed by atoms with E-state index in [-0.39, 0.29) is 24.5 Å². The summed E-state index contributed by atoms with van der Waals surface area (Å²) >= 11 is 0. The highest BCUT2D eigenvalue weighted by Crippen LogP contribution is 2.35. The third-order valence-corrected chi connectivity index (χ3v) is 4.02. The first-order valence-electron chi connectivity index (χ1n) is 6.29. The molecule has 17 heavy (non-hydrogen) atoms. The molecule has 1 saturated carbocycles. The molecule has 1 aliphatic carbocycles. The summed E-state index contributed by atoms with van der Waals surface area (Å²) in [6.07, 6.45) is 3.81. The zero-order valence-electron chi connectivity index (χ0n) is 9.84.